The molecule has 0 spiro atoms. The fraction of sp³-hybridized carbons (Fsp3) is 0.643. The van der Waals surface area contributed by atoms with Crippen LogP contribution in [0.3, 0.4) is 0 Å². The maximum Gasteiger partial charge on any atom is 0.272 e. The summed E-state index contributed by atoms with van der Waals surface area (Å²) in [5.41, 5.74) is 0.338. The lowest BCUT2D eigenvalue weighted by Crippen LogP contribution is -2.46. The molecule has 21 heavy (non-hydrogen) atoms. The van der Waals surface area contributed by atoms with Gasteiger partial charge in [-0.2, -0.15) is 0 Å². The van der Waals surface area contributed by atoms with Crippen LogP contribution in [-0.4, -0.2) is 66.4 Å². The summed E-state index contributed by atoms with van der Waals surface area (Å²) < 4.78 is 5.31. The summed E-state index contributed by atoms with van der Waals surface area (Å²) in [6.45, 7) is 8.92. The van der Waals surface area contributed by atoms with E-state index >= 15 is 0 Å². The van der Waals surface area contributed by atoms with Gasteiger partial charge >= 0.3 is 0 Å². The van der Waals surface area contributed by atoms with Crippen molar-refractivity contribution in [2.45, 2.75) is 19.9 Å². The van der Waals surface area contributed by atoms with Gasteiger partial charge in [-0.1, -0.05) is 0 Å². The van der Waals surface area contributed by atoms with Gasteiger partial charge in [0.25, 0.3) is 5.91 Å². The van der Waals surface area contributed by atoms with E-state index in [0.717, 1.165) is 39.4 Å². The van der Waals surface area contributed by atoms with Gasteiger partial charge in [-0.15, -0.1) is 10.2 Å². The highest BCUT2D eigenvalue weighted by molar-refractivity contribution is 5.92. The zero-order chi connectivity index (χ0) is 15.1. The van der Waals surface area contributed by atoms with Crippen LogP contribution in [0.4, 0.5) is 5.82 Å². The van der Waals surface area contributed by atoms with Crippen molar-refractivity contribution in [3.05, 3.63) is 17.8 Å². The smallest absolute Gasteiger partial charge is 0.272 e. The lowest BCUT2D eigenvalue weighted by Gasteiger charge is -2.29. The number of nitrogens with zero attached hydrogens (tertiary/aromatic N) is 3. The Morgan fingerprint density at radius 1 is 1.38 bits per heavy atom. The molecule has 0 aromatic carbocycles. The number of carbonyl (C=O) groups is 1. The Balaban J connectivity index is 1.82. The Labute approximate surface area is 125 Å². The summed E-state index contributed by atoms with van der Waals surface area (Å²) in [5.74, 6) is 0.488. The van der Waals surface area contributed by atoms with Gasteiger partial charge in [-0.25, -0.2) is 0 Å². The molecule has 0 bridgehead atoms. The number of carbonyl (C=O) groups excluding carboxylic acids is 1. The van der Waals surface area contributed by atoms with Gasteiger partial charge in [0, 0.05) is 32.2 Å². The lowest BCUT2D eigenvalue weighted by atomic mass is 10.2. The molecule has 2 heterocycles. The van der Waals surface area contributed by atoms with Crippen molar-refractivity contribution in [3.63, 3.8) is 0 Å². The molecule has 7 nitrogen and oxygen atoms in total. The van der Waals surface area contributed by atoms with Crippen molar-refractivity contribution in [3.8, 4) is 0 Å². The molecule has 1 aliphatic heterocycles. The first-order chi connectivity index (χ1) is 10.2. The number of nitrogens with one attached hydrogen (secondary N) is 2. The number of hydrogen-bond acceptors (Lipinski definition) is 6. The van der Waals surface area contributed by atoms with Crippen LogP contribution in [0, 0.1) is 0 Å². The zero-order valence-electron chi connectivity index (χ0n) is 12.6. The molecule has 0 saturated carbocycles. The molecule has 1 aromatic rings. The third-order valence-electron chi connectivity index (χ3n) is 3.27. The molecule has 0 aliphatic carbocycles. The van der Waals surface area contributed by atoms with E-state index in [4.69, 9.17) is 4.74 Å². The Morgan fingerprint density at radius 2 is 2.14 bits per heavy atom. The molecular formula is C14H23N5O2. The van der Waals surface area contributed by atoms with Crippen LogP contribution in [0.2, 0.25) is 0 Å². The predicted octanol–water partition coefficient (Wildman–Crippen LogP) is 0.359. The van der Waals surface area contributed by atoms with Crippen molar-refractivity contribution < 1.29 is 9.53 Å². The standard InChI is InChI=1S/C14H23N5O2/c1-3-15-13-5-4-12(17-18-13)14(20)16-11(2)10-19-6-8-21-9-7-19/h4-5,11H,3,6-10H2,1-2H3,(H,15,18)(H,16,20). The second-order valence-corrected chi connectivity index (χ2v) is 5.12. The highest BCUT2D eigenvalue weighted by Crippen LogP contribution is 2.03. The molecule has 1 saturated heterocycles. The molecule has 1 aliphatic rings. The summed E-state index contributed by atoms with van der Waals surface area (Å²) in [7, 11) is 0. The SMILES string of the molecule is CCNc1ccc(C(=O)NC(C)CN2CCOCC2)nn1. The summed E-state index contributed by atoms with van der Waals surface area (Å²) >= 11 is 0. The summed E-state index contributed by atoms with van der Waals surface area (Å²) in [4.78, 5) is 14.4. The van der Waals surface area contributed by atoms with Crippen molar-refractivity contribution in [1.29, 1.82) is 0 Å². The van der Waals surface area contributed by atoms with Crippen LogP contribution < -0.4 is 10.6 Å². The van der Waals surface area contributed by atoms with Crippen LogP contribution in [0.25, 0.3) is 0 Å². The predicted molar refractivity (Wildman–Crippen MR) is 80.4 cm³/mol. The van der Waals surface area contributed by atoms with E-state index in [2.05, 4.69) is 25.7 Å². The molecule has 0 radical (unpaired) electrons. The van der Waals surface area contributed by atoms with E-state index in [1.807, 2.05) is 13.8 Å². The summed E-state index contributed by atoms with van der Waals surface area (Å²) in [6, 6.07) is 3.51. The topological polar surface area (TPSA) is 79.4 Å². The molecule has 1 aromatic heterocycles. The maximum atomic E-state index is 12.1. The van der Waals surface area contributed by atoms with Crippen molar-refractivity contribution >= 4 is 11.7 Å². The first kappa shape index (κ1) is 15.7. The first-order valence-corrected chi connectivity index (χ1v) is 7.37. The molecule has 2 N–H and O–H groups in total. The van der Waals surface area contributed by atoms with Crippen LogP contribution in [0.5, 0.6) is 0 Å². The fourth-order valence-corrected chi connectivity index (χ4v) is 2.24. The number of amides is 1. The van der Waals surface area contributed by atoms with E-state index in [-0.39, 0.29) is 11.9 Å². The van der Waals surface area contributed by atoms with Gasteiger partial charge in [0.2, 0.25) is 0 Å². The second-order valence-electron chi connectivity index (χ2n) is 5.12. The fourth-order valence-electron chi connectivity index (χ4n) is 2.24. The normalized spacial score (nSPS) is 17.2. The van der Waals surface area contributed by atoms with Crippen LogP contribution >= 0.6 is 0 Å². The Hall–Kier alpha value is -1.73. The lowest BCUT2D eigenvalue weighted by molar-refractivity contribution is 0.0342. The van der Waals surface area contributed by atoms with E-state index in [0.29, 0.717) is 11.5 Å². The highest BCUT2D eigenvalue weighted by Gasteiger charge is 2.16. The third-order valence-corrected chi connectivity index (χ3v) is 3.27. The van der Waals surface area contributed by atoms with E-state index in [1.165, 1.54) is 0 Å². The third kappa shape index (κ3) is 4.95. The number of hydrogen-bond donors (Lipinski definition) is 2. The Kier molecular flexibility index (Phi) is 5.89. The molecule has 116 valence electrons. The first-order valence-electron chi connectivity index (χ1n) is 7.37. The Morgan fingerprint density at radius 3 is 2.76 bits per heavy atom. The number of aromatic nitrogens is 2. The molecule has 1 unspecified atom stereocenters. The minimum Gasteiger partial charge on any atom is -0.379 e. The number of rotatable bonds is 6. The quantitative estimate of drug-likeness (QED) is 0.788. The van der Waals surface area contributed by atoms with E-state index in [9.17, 15) is 4.79 Å². The minimum atomic E-state index is -0.189. The van der Waals surface area contributed by atoms with Gasteiger partial charge in [-0.05, 0) is 26.0 Å². The van der Waals surface area contributed by atoms with Crippen LogP contribution in [0.1, 0.15) is 24.3 Å². The highest BCUT2D eigenvalue weighted by atomic mass is 16.5. The zero-order valence-corrected chi connectivity index (χ0v) is 12.6. The number of anilines is 1. The number of ether oxygens (including phenoxy) is 1. The van der Waals surface area contributed by atoms with Crippen molar-refractivity contribution in [1.82, 2.24) is 20.4 Å². The monoisotopic (exact) mass is 293 g/mol. The maximum absolute atomic E-state index is 12.1. The van der Waals surface area contributed by atoms with Gasteiger partial charge < -0.3 is 15.4 Å². The van der Waals surface area contributed by atoms with Gasteiger partial charge in [0.1, 0.15) is 5.82 Å². The van der Waals surface area contributed by atoms with E-state index in [1.54, 1.807) is 12.1 Å². The van der Waals surface area contributed by atoms with Gasteiger partial charge in [-0.3, -0.25) is 9.69 Å². The number of morpholine rings is 1. The Bertz CT molecular complexity index is 445. The molecular weight excluding hydrogens is 270 g/mol. The van der Waals surface area contributed by atoms with Gasteiger partial charge in [0.15, 0.2) is 5.69 Å². The molecule has 7 heteroatoms. The van der Waals surface area contributed by atoms with Crippen molar-refractivity contribution in [2.75, 3.05) is 44.7 Å². The van der Waals surface area contributed by atoms with Crippen LogP contribution in [0.15, 0.2) is 12.1 Å². The molecule has 2 rings (SSSR count). The summed E-state index contributed by atoms with van der Waals surface area (Å²) in [6.07, 6.45) is 0. The van der Waals surface area contributed by atoms with E-state index < -0.39 is 0 Å². The average Bonchev–Trinajstić information content (AvgIpc) is 2.49. The average molecular weight is 293 g/mol. The van der Waals surface area contributed by atoms with Gasteiger partial charge in [0.05, 0.1) is 13.2 Å². The molecule has 1 atom stereocenters. The molecule has 1 fully saturated rings. The van der Waals surface area contributed by atoms with Crippen molar-refractivity contribution in [2.24, 2.45) is 0 Å². The largest absolute Gasteiger partial charge is 0.379 e. The van der Waals surface area contributed by atoms with Crippen LogP contribution in [-0.2, 0) is 4.74 Å². The summed E-state index contributed by atoms with van der Waals surface area (Å²) in [5, 5.41) is 13.9. The molecule has 1 amide bonds. The second kappa shape index (κ2) is 7.90. The minimum absolute atomic E-state index is 0.0610.